The molecule has 0 radical (unpaired) electrons. The molecule has 6 nitrogen and oxygen atoms in total. The van der Waals surface area contributed by atoms with Crippen LogP contribution in [0, 0.1) is 5.82 Å². The van der Waals surface area contributed by atoms with E-state index in [2.05, 4.69) is 10.0 Å². The SMILES string of the molecule is CCNC(=O)CCNS(=O)(=O)c1cc(N)c(F)cc1Cl. The molecule has 0 heterocycles. The van der Waals surface area contributed by atoms with Crippen molar-refractivity contribution in [3.8, 4) is 0 Å². The van der Waals surface area contributed by atoms with Crippen LogP contribution in [-0.2, 0) is 14.8 Å². The van der Waals surface area contributed by atoms with E-state index in [4.69, 9.17) is 17.3 Å². The molecule has 0 spiro atoms. The van der Waals surface area contributed by atoms with E-state index in [1.807, 2.05) is 0 Å². The third kappa shape index (κ3) is 4.32. The minimum absolute atomic E-state index is 0.0125. The van der Waals surface area contributed by atoms with E-state index in [0.717, 1.165) is 12.1 Å². The fourth-order valence-corrected chi connectivity index (χ4v) is 2.99. The van der Waals surface area contributed by atoms with Gasteiger partial charge >= 0.3 is 0 Å². The molecule has 1 aromatic rings. The van der Waals surface area contributed by atoms with Gasteiger partial charge in [-0.2, -0.15) is 0 Å². The lowest BCUT2D eigenvalue weighted by molar-refractivity contribution is -0.120. The van der Waals surface area contributed by atoms with Gasteiger partial charge in [0.2, 0.25) is 15.9 Å². The standard InChI is InChI=1S/C11H15ClFN3O3S/c1-2-15-11(17)3-4-16-20(18,19)10-6-9(14)8(13)5-7(10)12/h5-6,16H,2-4,14H2,1H3,(H,15,17). The van der Waals surface area contributed by atoms with Crippen LogP contribution in [0.3, 0.4) is 0 Å². The van der Waals surface area contributed by atoms with E-state index in [1.165, 1.54) is 0 Å². The summed E-state index contributed by atoms with van der Waals surface area (Å²) in [6.07, 6.45) is -0.0125. The van der Waals surface area contributed by atoms with Crippen LogP contribution >= 0.6 is 11.6 Å². The van der Waals surface area contributed by atoms with Gasteiger partial charge in [-0.05, 0) is 19.1 Å². The predicted molar refractivity (Wildman–Crippen MR) is 74.3 cm³/mol. The molecule has 0 aliphatic carbocycles. The molecule has 0 bridgehead atoms. The van der Waals surface area contributed by atoms with Crippen LogP contribution in [0.1, 0.15) is 13.3 Å². The number of nitrogens with two attached hydrogens (primary N) is 1. The van der Waals surface area contributed by atoms with Crippen molar-refractivity contribution >= 4 is 33.2 Å². The average molecular weight is 324 g/mol. The lowest BCUT2D eigenvalue weighted by Crippen LogP contribution is -2.30. The Bertz CT molecular complexity index is 607. The molecule has 9 heteroatoms. The summed E-state index contributed by atoms with van der Waals surface area (Å²) in [6.45, 7) is 2.12. The predicted octanol–water partition coefficient (Wildman–Crippen LogP) is 0.866. The fraction of sp³-hybridized carbons (Fsp3) is 0.364. The molecular weight excluding hydrogens is 309 g/mol. The number of halogens is 2. The first-order chi connectivity index (χ1) is 9.27. The molecule has 112 valence electrons. The summed E-state index contributed by atoms with van der Waals surface area (Å²) < 4.78 is 39.2. The zero-order valence-corrected chi connectivity index (χ0v) is 12.3. The molecule has 4 N–H and O–H groups in total. The smallest absolute Gasteiger partial charge is 0.242 e. The highest BCUT2D eigenvalue weighted by Gasteiger charge is 2.20. The first-order valence-corrected chi connectivity index (χ1v) is 7.65. The molecule has 0 aromatic heterocycles. The summed E-state index contributed by atoms with van der Waals surface area (Å²) in [5.74, 6) is -1.07. The summed E-state index contributed by atoms with van der Waals surface area (Å²) in [5.41, 5.74) is 4.99. The van der Waals surface area contributed by atoms with E-state index in [9.17, 15) is 17.6 Å². The summed E-state index contributed by atoms with van der Waals surface area (Å²) in [4.78, 5) is 10.9. The molecule has 0 fully saturated rings. The van der Waals surface area contributed by atoms with Crippen LogP contribution in [-0.4, -0.2) is 27.4 Å². The highest BCUT2D eigenvalue weighted by Crippen LogP contribution is 2.26. The molecule has 0 saturated carbocycles. The first kappa shape index (κ1) is 16.7. The molecular formula is C11H15ClFN3O3S. The Balaban J connectivity index is 2.79. The quantitative estimate of drug-likeness (QED) is 0.676. The van der Waals surface area contributed by atoms with Gasteiger partial charge in [-0.15, -0.1) is 0 Å². The second-order valence-electron chi connectivity index (χ2n) is 3.91. The fourth-order valence-electron chi connectivity index (χ4n) is 1.41. The molecule has 20 heavy (non-hydrogen) atoms. The number of amides is 1. The summed E-state index contributed by atoms with van der Waals surface area (Å²) >= 11 is 5.68. The number of nitrogen functional groups attached to an aromatic ring is 1. The molecule has 0 aliphatic heterocycles. The third-order valence-corrected chi connectivity index (χ3v) is 4.28. The molecule has 1 aromatic carbocycles. The van der Waals surface area contributed by atoms with Crippen molar-refractivity contribution in [3.63, 3.8) is 0 Å². The normalized spacial score (nSPS) is 11.3. The third-order valence-electron chi connectivity index (χ3n) is 2.36. The summed E-state index contributed by atoms with van der Waals surface area (Å²) in [6, 6.07) is 1.77. The monoisotopic (exact) mass is 323 g/mol. The first-order valence-electron chi connectivity index (χ1n) is 5.78. The molecule has 0 saturated heterocycles. The lowest BCUT2D eigenvalue weighted by Gasteiger charge is -2.09. The minimum atomic E-state index is -3.95. The molecule has 1 amide bonds. The Morgan fingerprint density at radius 1 is 1.45 bits per heavy atom. The topological polar surface area (TPSA) is 101 Å². The number of carbonyl (C=O) groups excluding carboxylic acids is 1. The van der Waals surface area contributed by atoms with Gasteiger partial charge in [0.05, 0.1) is 10.7 Å². The Morgan fingerprint density at radius 3 is 2.70 bits per heavy atom. The van der Waals surface area contributed by atoms with Crippen molar-refractivity contribution in [2.24, 2.45) is 0 Å². The highest BCUT2D eigenvalue weighted by atomic mass is 35.5. The number of sulfonamides is 1. The Morgan fingerprint density at radius 2 is 2.10 bits per heavy atom. The minimum Gasteiger partial charge on any atom is -0.396 e. The van der Waals surface area contributed by atoms with Crippen LogP contribution in [0.4, 0.5) is 10.1 Å². The second kappa shape index (κ2) is 6.87. The zero-order valence-electron chi connectivity index (χ0n) is 10.7. The molecule has 0 aliphatic rings. The van der Waals surface area contributed by atoms with Gasteiger partial charge in [0, 0.05) is 19.5 Å². The largest absolute Gasteiger partial charge is 0.396 e. The van der Waals surface area contributed by atoms with Gasteiger partial charge in [0.15, 0.2) is 0 Å². The molecule has 1 rings (SSSR count). The molecule has 0 unspecified atom stereocenters. The van der Waals surface area contributed by atoms with Crippen molar-refractivity contribution in [3.05, 3.63) is 23.0 Å². The van der Waals surface area contributed by atoms with Crippen molar-refractivity contribution in [2.45, 2.75) is 18.2 Å². The van der Waals surface area contributed by atoms with E-state index in [-0.39, 0.29) is 34.5 Å². The van der Waals surface area contributed by atoms with Crippen LogP contribution in [0.2, 0.25) is 5.02 Å². The van der Waals surface area contributed by atoms with E-state index >= 15 is 0 Å². The average Bonchev–Trinajstić information content (AvgIpc) is 2.33. The van der Waals surface area contributed by atoms with Crippen molar-refractivity contribution in [1.82, 2.24) is 10.0 Å². The van der Waals surface area contributed by atoms with Gasteiger partial charge in [-0.25, -0.2) is 17.5 Å². The van der Waals surface area contributed by atoms with Crippen molar-refractivity contribution in [2.75, 3.05) is 18.8 Å². The maximum Gasteiger partial charge on any atom is 0.242 e. The maximum atomic E-state index is 13.1. The van der Waals surface area contributed by atoms with Gasteiger partial charge in [0.25, 0.3) is 0 Å². The summed E-state index contributed by atoms with van der Waals surface area (Å²) in [7, 11) is -3.95. The number of anilines is 1. The maximum absolute atomic E-state index is 13.1. The molecule has 0 atom stereocenters. The van der Waals surface area contributed by atoms with Gasteiger partial charge in [-0.3, -0.25) is 4.79 Å². The number of hydrogen-bond acceptors (Lipinski definition) is 4. The van der Waals surface area contributed by atoms with E-state index in [0.29, 0.717) is 6.54 Å². The highest BCUT2D eigenvalue weighted by molar-refractivity contribution is 7.89. The van der Waals surface area contributed by atoms with Gasteiger partial charge in [-0.1, -0.05) is 11.6 Å². The van der Waals surface area contributed by atoms with Gasteiger partial charge < -0.3 is 11.1 Å². The lowest BCUT2D eigenvalue weighted by atomic mass is 10.3. The Hall–Kier alpha value is -1.38. The number of hydrogen-bond donors (Lipinski definition) is 3. The summed E-state index contributed by atoms with van der Waals surface area (Å²) in [5, 5.41) is 2.25. The number of nitrogens with one attached hydrogen (secondary N) is 2. The number of carbonyl (C=O) groups is 1. The van der Waals surface area contributed by atoms with Crippen molar-refractivity contribution in [1.29, 1.82) is 0 Å². The van der Waals surface area contributed by atoms with E-state index < -0.39 is 15.8 Å². The van der Waals surface area contributed by atoms with E-state index in [1.54, 1.807) is 6.92 Å². The van der Waals surface area contributed by atoms with Crippen LogP contribution in [0.25, 0.3) is 0 Å². The van der Waals surface area contributed by atoms with Crippen LogP contribution < -0.4 is 15.8 Å². The van der Waals surface area contributed by atoms with Gasteiger partial charge in [0.1, 0.15) is 10.7 Å². The Labute approximate surface area is 121 Å². The Kier molecular flexibility index (Phi) is 5.73. The zero-order chi connectivity index (χ0) is 15.3. The van der Waals surface area contributed by atoms with Crippen LogP contribution in [0.5, 0.6) is 0 Å². The number of rotatable bonds is 6. The number of benzene rings is 1. The van der Waals surface area contributed by atoms with Crippen molar-refractivity contribution < 1.29 is 17.6 Å². The second-order valence-corrected chi connectivity index (χ2v) is 6.05. The van der Waals surface area contributed by atoms with Crippen LogP contribution in [0.15, 0.2) is 17.0 Å².